The van der Waals surface area contributed by atoms with E-state index in [1.807, 2.05) is 0 Å². The number of hydrogen-bond acceptors (Lipinski definition) is 15. The van der Waals surface area contributed by atoms with E-state index < -0.39 is 92.6 Å². The summed E-state index contributed by atoms with van der Waals surface area (Å²) in [7, 11) is -5.90. The van der Waals surface area contributed by atoms with Gasteiger partial charge < -0.3 is 56.5 Å². The van der Waals surface area contributed by atoms with E-state index in [0.29, 0.717) is 12.0 Å². The van der Waals surface area contributed by atoms with Crippen LogP contribution < -0.4 is 16.0 Å². The third-order valence-electron chi connectivity index (χ3n) is 6.08. The second-order valence-electron chi connectivity index (χ2n) is 8.82. The minimum absolute atomic E-state index is 0. The van der Waals surface area contributed by atoms with Crippen LogP contribution in [0.15, 0.2) is 48.6 Å². The molecule has 2 amide bonds. The first-order valence-electron chi connectivity index (χ1n) is 12.9. The summed E-state index contributed by atoms with van der Waals surface area (Å²) in [6, 6.07) is 3.11. The van der Waals surface area contributed by atoms with Crippen LogP contribution in [0, 0.1) is 0 Å². The van der Waals surface area contributed by atoms with Gasteiger partial charge in [-0.2, -0.15) is 21.4 Å². The zero-order valence-electron chi connectivity index (χ0n) is 23.6. The number of nitrogens with zero attached hydrogens (tertiary/aromatic N) is 2. The number of primary amides is 2. The van der Waals surface area contributed by atoms with Gasteiger partial charge in [0.1, 0.15) is 36.1 Å². The first-order valence-corrected chi connectivity index (χ1v) is 23.6. The van der Waals surface area contributed by atoms with Gasteiger partial charge >= 0.3 is 62.1 Å². The van der Waals surface area contributed by atoms with E-state index in [9.17, 15) is 30.0 Å². The van der Waals surface area contributed by atoms with Gasteiger partial charge in [0.15, 0.2) is 24.7 Å². The van der Waals surface area contributed by atoms with Crippen molar-refractivity contribution in [2.45, 2.75) is 62.9 Å². The fourth-order valence-corrected chi connectivity index (χ4v) is 3.95. The summed E-state index contributed by atoms with van der Waals surface area (Å²) in [6.45, 7) is -0.788. The Bertz CT molecular complexity index is 1400. The molecular weight excluding hydrogens is 666 g/mol. The Morgan fingerprint density at radius 1 is 0.911 bits per heavy atom. The maximum absolute atomic E-state index is 11.1. The van der Waals surface area contributed by atoms with Crippen LogP contribution in [0.2, 0.25) is 0 Å². The summed E-state index contributed by atoms with van der Waals surface area (Å²) in [6.07, 6.45) is 0.122. The maximum atomic E-state index is 11.1. The third-order valence-corrected chi connectivity index (χ3v) is 6.97. The van der Waals surface area contributed by atoms with Crippen LogP contribution in [0.4, 0.5) is 0 Å². The molecule has 2 saturated heterocycles. The molecule has 0 saturated carbocycles. The number of pyridine rings is 1. The van der Waals surface area contributed by atoms with Crippen molar-refractivity contribution < 1.29 is 71.1 Å². The average molecular weight is 702 g/mol. The number of rotatable bonds is 6. The van der Waals surface area contributed by atoms with Gasteiger partial charge in [0.25, 0.3) is 12.1 Å². The normalized spacial score (nSPS) is 28.0. The Morgan fingerprint density at radius 3 is 1.89 bits per heavy atom. The number of aromatic nitrogens is 1. The van der Waals surface area contributed by atoms with Crippen LogP contribution in [-0.4, -0.2) is 164 Å². The molecule has 3 aliphatic rings. The minimum atomic E-state index is -2.95. The number of ether oxygens (including phenoxy) is 2. The second-order valence-corrected chi connectivity index (χ2v) is 11.3. The van der Waals surface area contributed by atoms with Gasteiger partial charge in [0.2, 0.25) is 5.91 Å². The Morgan fingerprint density at radius 2 is 1.44 bits per heavy atom. The van der Waals surface area contributed by atoms with Crippen molar-refractivity contribution in [1.82, 2.24) is 4.90 Å². The van der Waals surface area contributed by atoms with Crippen molar-refractivity contribution in [3.8, 4) is 0 Å². The Hall–Kier alpha value is -1.31. The monoisotopic (exact) mass is 701 g/mol. The molecule has 244 valence electrons. The van der Waals surface area contributed by atoms with E-state index in [-0.39, 0.29) is 13.0 Å². The van der Waals surface area contributed by atoms with E-state index in [0.717, 1.165) is 0 Å². The van der Waals surface area contributed by atoms with Gasteiger partial charge in [0.05, 0.1) is 13.2 Å². The van der Waals surface area contributed by atoms with Gasteiger partial charge in [-0.25, -0.2) is 0 Å². The quantitative estimate of drug-likeness (QED) is 0.101. The molecule has 8 atom stereocenters. The third kappa shape index (κ3) is 12.7. The molecule has 0 spiro atoms. The molecule has 0 radical (unpaired) electrons. The number of aliphatic hydroxyl groups excluding tert-OH is 6. The summed E-state index contributed by atoms with van der Waals surface area (Å²) < 4.78 is 48.4. The summed E-state index contributed by atoms with van der Waals surface area (Å²) in [5, 5.41) is 56.9. The molecule has 18 nitrogen and oxygen atoms in total. The molecule has 0 aliphatic carbocycles. The molecule has 2 unspecified atom stereocenters. The molecular formula is C23H35N4Na2O14S2+. The number of aliphatic hydroxyl groups is 6. The first kappa shape index (κ1) is 43.7. The molecule has 1 aromatic heterocycles. The van der Waals surface area contributed by atoms with Crippen LogP contribution >= 0.6 is 0 Å². The van der Waals surface area contributed by atoms with Crippen LogP contribution in [0.3, 0.4) is 0 Å². The molecule has 0 bridgehead atoms. The summed E-state index contributed by atoms with van der Waals surface area (Å²) >= 11 is 2.89. The van der Waals surface area contributed by atoms with E-state index in [1.165, 1.54) is 71.5 Å². The molecule has 22 heteroatoms. The van der Waals surface area contributed by atoms with Gasteiger partial charge in [-0.15, -0.1) is 0 Å². The molecule has 3 aliphatic heterocycles. The molecule has 45 heavy (non-hydrogen) atoms. The average Bonchev–Trinajstić information content (AvgIpc) is 3.48. The van der Waals surface area contributed by atoms with Crippen molar-refractivity contribution in [3.05, 3.63) is 54.1 Å². The zero-order chi connectivity index (χ0) is 33.7. The molecule has 1 aromatic rings. The topological polar surface area (TPSA) is 301 Å². The van der Waals surface area contributed by atoms with Gasteiger partial charge in [0, 0.05) is 24.0 Å². The van der Waals surface area contributed by atoms with Crippen LogP contribution in [0.25, 0.3) is 0 Å². The van der Waals surface area contributed by atoms with Gasteiger partial charge in [-0.1, -0.05) is 13.5 Å². The predicted molar refractivity (Wildman–Crippen MR) is 155 cm³/mol. The number of nitrogens with two attached hydrogens (primary N) is 2. The summed E-state index contributed by atoms with van der Waals surface area (Å²) in [5.41, 5.74) is 11.0. The van der Waals surface area contributed by atoms with Crippen molar-refractivity contribution in [2.75, 3.05) is 13.2 Å². The summed E-state index contributed by atoms with van der Waals surface area (Å²) in [4.78, 5) is 23.6. The molecule has 4 rings (SSSR count). The van der Waals surface area contributed by atoms with E-state index in [4.69, 9.17) is 48.0 Å². The molecule has 4 heterocycles. The number of carbonyl (C=O) groups is 2. The Labute approximate surface area is 289 Å². The SMILES string of the molecule is C.NC(=O)C1=CN([C@@H]2O[C@H](CO)[C@H](O)C2O)C=CC1.NC(=O)c1ccc[n+]([C@@H]2O[C@H](CO)[C@H](O)C2O)c1.O=S(=O)=S(=O)=O.[Na][Na]. The zero-order valence-corrected chi connectivity index (χ0v) is 29.2. The van der Waals surface area contributed by atoms with Crippen LogP contribution in [-0.2, 0) is 32.8 Å². The number of amides is 2. The predicted octanol–water partition coefficient (Wildman–Crippen LogP) is -5.77. The number of hydrogen-bond donors (Lipinski definition) is 8. The van der Waals surface area contributed by atoms with Gasteiger partial charge in [-0.05, 0) is 12.5 Å². The van der Waals surface area contributed by atoms with Crippen LogP contribution in [0.5, 0.6) is 0 Å². The van der Waals surface area contributed by atoms with Crippen LogP contribution in [0.1, 0.15) is 30.4 Å². The van der Waals surface area contributed by atoms with E-state index in [2.05, 4.69) is 0 Å². The van der Waals surface area contributed by atoms with Crippen molar-refractivity contribution >= 4 is 74.0 Å². The fraction of sp³-hybridized carbons (Fsp3) is 0.522. The fourth-order valence-electron chi connectivity index (χ4n) is 3.95. The first-order chi connectivity index (χ1) is 20.7. The van der Waals surface area contributed by atoms with E-state index in [1.54, 1.807) is 24.5 Å². The summed E-state index contributed by atoms with van der Waals surface area (Å²) in [5.74, 6) is -1.15. The van der Waals surface area contributed by atoms with Gasteiger partial charge in [-0.3, -0.25) is 9.59 Å². The molecule has 10 N–H and O–H groups in total. The number of allylic oxidation sites excluding steroid dienone is 1. The molecule has 2 fully saturated rings. The number of carbonyl (C=O) groups excluding carboxylic acids is 2. The van der Waals surface area contributed by atoms with Crippen molar-refractivity contribution in [1.29, 1.82) is 0 Å². The van der Waals surface area contributed by atoms with Crippen molar-refractivity contribution in [2.24, 2.45) is 11.5 Å². The molecule has 0 aromatic carbocycles. The Balaban J connectivity index is 0.000000686. The Kier molecular flexibility index (Phi) is 20.9. The standard InChI is InChI=1S/C11H16N2O5.C11H14N2O5.CH4.2Na.O4S2/c2*12-10(17)6-2-1-3-13(4-6)11-9(16)8(15)7(5-14)18-11;;;;1-5(2)6(3)4/h1,3-4,7-9,11,14-16H,2,5H2,(H2,12,17);1-4,7-9,11,14-16H,5H2,(H-,12,17);1H4;;;/p+1/t2*7-,8+,9?,11-;;;;/m11..../s1. The van der Waals surface area contributed by atoms with E-state index >= 15 is 0 Å². The second kappa shape index (κ2) is 21.5. The van der Waals surface area contributed by atoms with Crippen molar-refractivity contribution in [3.63, 3.8) is 0 Å².